The van der Waals surface area contributed by atoms with Crippen LogP contribution in [0, 0.1) is 5.92 Å². The Bertz CT molecular complexity index is 441. The lowest BCUT2D eigenvalue weighted by Gasteiger charge is -2.23. The molecule has 0 saturated carbocycles. The molecule has 0 bridgehead atoms. The summed E-state index contributed by atoms with van der Waals surface area (Å²) in [6, 6.07) is 7.91. The molecule has 2 aliphatic heterocycles. The van der Waals surface area contributed by atoms with Crippen molar-refractivity contribution in [1.82, 2.24) is 10.6 Å². The number of hydrogen-bond donors (Lipinski definition) is 2. The molecule has 0 spiro atoms. The molecule has 1 amide bonds. The predicted molar refractivity (Wildman–Crippen MR) is 68.4 cm³/mol. The zero-order valence-corrected chi connectivity index (χ0v) is 10.3. The van der Waals surface area contributed by atoms with E-state index in [1.54, 1.807) is 0 Å². The van der Waals surface area contributed by atoms with Gasteiger partial charge in [0.15, 0.2) is 0 Å². The number of para-hydroxylation sites is 1. The van der Waals surface area contributed by atoms with Crippen LogP contribution < -0.4 is 15.4 Å². The molecule has 1 fully saturated rings. The second-order valence-electron chi connectivity index (χ2n) is 4.95. The van der Waals surface area contributed by atoms with E-state index in [4.69, 9.17) is 4.74 Å². The highest BCUT2D eigenvalue weighted by molar-refractivity contribution is 5.79. The molecule has 1 unspecified atom stereocenters. The van der Waals surface area contributed by atoms with Gasteiger partial charge in [0.25, 0.3) is 0 Å². The van der Waals surface area contributed by atoms with Crippen molar-refractivity contribution in [2.45, 2.75) is 18.9 Å². The standard InChI is InChI=1S/C14H18N2O2/c17-14(10-4-3-7-15-8-10)16-12-9-18-13-6-2-1-5-11(12)13/h1-2,5-6,10,12,15H,3-4,7-9H2,(H,16,17)/t10-,12?/m0/s1. The van der Waals surface area contributed by atoms with Gasteiger partial charge >= 0.3 is 0 Å². The van der Waals surface area contributed by atoms with Crippen LogP contribution in [0.2, 0.25) is 0 Å². The number of benzene rings is 1. The van der Waals surface area contributed by atoms with Crippen molar-refractivity contribution in [2.24, 2.45) is 5.92 Å². The van der Waals surface area contributed by atoms with Crippen LogP contribution in [0.4, 0.5) is 0 Å². The molecule has 4 heteroatoms. The van der Waals surface area contributed by atoms with Gasteiger partial charge in [-0.1, -0.05) is 18.2 Å². The van der Waals surface area contributed by atoms with Crippen LogP contribution in [0.5, 0.6) is 5.75 Å². The van der Waals surface area contributed by atoms with Gasteiger partial charge in [0.1, 0.15) is 12.4 Å². The summed E-state index contributed by atoms with van der Waals surface area (Å²) in [7, 11) is 0. The Labute approximate surface area is 107 Å². The summed E-state index contributed by atoms with van der Waals surface area (Å²) in [6.07, 6.45) is 2.06. The van der Waals surface area contributed by atoms with Crippen LogP contribution in [0.1, 0.15) is 24.4 Å². The lowest BCUT2D eigenvalue weighted by molar-refractivity contribution is -0.126. The van der Waals surface area contributed by atoms with Crippen LogP contribution in [-0.4, -0.2) is 25.6 Å². The van der Waals surface area contributed by atoms with E-state index in [9.17, 15) is 4.79 Å². The zero-order chi connectivity index (χ0) is 12.4. The number of carbonyl (C=O) groups is 1. The van der Waals surface area contributed by atoms with Crippen LogP contribution in [-0.2, 0) is 4.79 Å². The Morgan fingerprint density at radius 1 is 1.39 bits per heavy atom. The summed E-state index contributed by atoms with van der Waals surface area (Å²) < 4.78 is 5.57. The Hall–Kier alpha value is -1.55. The predicted octanol–water partition coefficient (Wildman–Crippen LogP) is 1.24. The van der Waals surface area contributed by atoms with E-state index in [0.717, 1.165) is 37.2 Å². The van der Waals surface area contributed by atoms with E-state index in [-0.39, 0.29) is 17.9 Å². The molecule has 0 aliphatic carbocycles. The largest absolute Gasteiger partial charge is 0.491 e. The van der Waals surface area contributed by atoms with E-state index in [2.05, 4.69) is 10.6 Å². The van der Waals surface area contributed by atoms with Crippen molar-refractivity contribution in [3.05, 3.63) is 29.8 Å². The molecule has 0 aromatic heterocycles. The van der Waals surface area contributed by atoms with Gasteiger partial charge in [-0.25, -0.2) is 0 Å². The van der Waals surface area contributed by atoms with Crippen molar-refractivity contribution in [1.29, 1.82) is 0 Å². The van der Waals surface area contributed by atoms with Crippen molar-refractivity contribution < 1.29 is 9.53 Å². The Morgan fingerprint density at radius 2 is 2.28 bits per heavy atom. The molecule has 1 aromatic rings. The van der Waals surface area contributed by atoms with E-state index in [1.807, 2.05) is 24.3 Å². The first kappa shape index (κ1) is 11.5. The first-order valence-electron chi connectivity index (χ1n) is 6.57. The number of piperidine rings is 1. The molecule has 1 aromatic carbocycles. The highest BCUT2D eigenvalue weighted by Gasteiger charge is 2.28. The summed E-state index contributed by atoms with van der Waals surface area (Å²) in [6.45, 7) is 2.37. The van der Waals surface area contributed by atoms with Gasteiger partial charge in [-0.2, -0.15) is 0 Å². The zero-order valence-electron chi connectivity index (χ0n) is 10.3. The molecule has 2 N–H and O–H groups in total. The van der Waals surface area contributed by atoms with Gasteiger partial charge in [-0.15, -0.1) is 0 Å². The topological polar surface area (TPSA) is 50.4 Å². The van der Waals surface area contributed by atoms with E-state index in [0.29, 0.717) is 6.61 Å². The van der Waals surface area contributed by atoms with E-state index >= 15 is 0 Å². The quantitative estimate of drug-likeness (QED) is 0.825. The molecule has 2 aliphatic rings. The molecule has 18 heavy (non-hydrogen) atoms. The van der Waals surface area contributed by atoms with Gasteiger partial charge in [0, 0.05) is 12.1 Å². The first-order chi connectivity index (χ1) is 8.84. The maximum atomic E-state index is 12.2. The molecule has 4 nitrogen and oxygen atoms in total. The van der Waals surface area contributed by atoms with Crippen molar-refractivity contribution in [2.75, 3.05) is 19.7 Å². The van der Waals surface area contributed by atoms with E-state index < -0.39 is 0 Å². The molecular formula is C14H18N2O2. The van der Waals surface area contributed by atoms with Gasteiger partial charge in [0.05, 0.1) is 12.0 Å². The number of nitrogens with one attached hydrogen (secondary N) is 2. The fourth-order valence-electron chi connectivity index (χ4n) is 2.65. The number of fused-ring (bicyclic) bond motifs is 1. The van der Waals surface area contributed by atoms with Gasteiger partial charge in [-0.3, -0.25) is 4.79 Å². The molecule has 2 heterocycles. The number of hydrogen-bond acceptors (Lipinski definition) is 3. The summed E-state index contributed by atoms with van der Waals surface area (Å²) in [5, 5.41) is 6.37. The minimum Gasteiger partial charge on any atom is -0.491 e. The summed E-state index contributed by atoms with van der Waals surface area (Å²) >= 11 is 0. The molecular weight excluding hydrogens is 228 g/mol. The van der Waals surface area contributed by atoms with Crippen LogP contribution in [0.3, 0.4) is 0 Å². The highest BCUT2D eigenvalue weighted by Crippen LogP contribution is 2.31. The maximum Gasteiger partial charge on any atom is 0.224 e. The smallest absolute Gasteiger partial charge is 0.224 e. The monoisotopic (exact) mass is 246 g/mol. The molecule has 96 valence electrons. The second-order valence-corrected chi connectivity index (χ2v) is 4.95. The van der Waals surface area contributed by atoms with Crippen molar-refractivity contribution in [3.63, 3.8) is 0 Å². The summed E-state index contributed by atoms with van der Waals surface area (Å²) in [5.74, 6) is 1.14. The van der Waals surface area contributed by atoms with Gasteiger partial charge < -0.3 is 15.4 Å². The minimum atomic E-state index is 0.00984. The fraction of sp³-hybridized carbons (Fsp3) is 0.500. The summed E-state index contributed by atoms with van der Waals surface area (Å²) in [5.41, 5.74) is 1.09. The summed E-state index contributed by atoms with van der Waals surface area (Å²) in [4.78, 5) is 12.2. The molecule has 0 radical (unpaired) electrons. The van der Waals surface area contributed by atoms with Crippen molar-refractivity contribution >= 4 is 5.91 Å². The lowest BCUT2D eigenvalue weighted by Crippen LogP contribution is -2.42. The Kier molecular flexibility index (Phi) is 3.19. The van der Waals surface area contributed by atoms with Crippen LogP contribution in [0.15, 0.2) is 24.3 Å². The third kappa shape index (κ3) is 2.20. The number of rotatable bonds is 2. The molecule has 1 saturated heterocycles. The van der Waals surface area contributed by atoms with Crippen LogP contribution >= 0.6 is 0 Å². The third-order valence-electron chi connectivity index (χ3n) is 3.68. The number of amides is 1. The average Bonchev–Trinajstić information content (AvgIpc) is 2.83. The third-order valence-corrected chi connectivity index (χ3v) is 3.68. The molecule has 3 rings (SSSR count). The number of carbonyl (C=O) groups excluding carboxylic acids is 1. The second kappa shape index (κ2) is 4.98. The maximum absolute atomic E-state index is 12.2. The number of ether oxygens (including phenoxy) is 1. The SMILES string of the molecule is O=C(NC1COc2ccccc21)[C@H]1CCCNC1. The Balaban J connectivity index is 1.65. The minimum absolute atomic E-state index is 0.00984. The first-order valence-corrected chi connectivity index (χ1v) is 6.57. The normalized spacial score (nSPS) is 26.2. The van der Waals surface area contributed by atoms with Crippen molar-refractivity contribution in [3.8, 4) is 5.75 Å². The van der Waals surface area contributed by atoms with E-state index in [1.165, 1.54) is 0 Å². The average molecular weight is 246 g/mol. The fourth-order valence-corrected chi connectivity index (χ4v) is 2.65. The van der Waals surface area contributed by atoms with Gasteiger partial charge in [0.2, 0.25) is 5.91 Å². The highest BCUT2D eigenvalue weighted by atomic mass is 16.5. The van der Waals surface area contributed by atoms with Crippen LogP contribution in [0.25, 0.3) is 0 Å². The van der Waals surface area contributed by atoms with Gasteiger partial charge in [-0.05, 0) is 25.5 Å². The molecule has 2 atom stereocenters. The Morgan fingerprint density at radius 3 is 3.11 bits per heavy atom. The lowest BCUT2D eigenvalue weighted by atomic mass is 9.98.